The minimum absolute atomic E-state index is 0.117. The van der Waals surface area contributed by atoms with Crippen LogP contribution < -0.4 is 20.1 Å². The van der Waals surface area contributed by atoms with Crippen LogP contribution in [0.1, 0.15) is 44.1 Å². The molecule has 0 unspecified atom stereocenters. The van der Waals surface area contributed by atoms with E-state index in [2.05, 4.69) is 10.6 Å². The van der Waals surface area contributed by atoms with Gasteiger partial charge in [0.1, 0.15) is 18.8 Å². The number of piperidine rings is 1. The molecule has 8 nitrogen and oxygen atoms in total. The highest BCUT2D eigenvalue weighted by molar-refractivity contribution is 6.07. The number of likely N-dealkylation sites (tertiary alicyclic amines) is 1. The largest absolute Gasteiger partial charge is 0.486 e. The average molecular weight is 399 g/mol. The molecule has 2 N–H and O–H groups in total. The topological polar surface area (TPSA) is 97.0 Å². The van der Waals surface area contributed by atoms with Crippen molar-refractivity contribution >= 4 is 17.8 Å². The maximum atomic E-state index is 13.7. The molecule has 1 saturated carbocycles. The van der Waals surface area contributed by atoms with Crippen LogP contribution in [0.2, 0.25) is 0 Å². The highest BCUT2D eigenvalue weighted by atomic mass is 16.6. The first-order valence-electron chi connectivity index (χ1n) is 10.4. The van der Waals surface area contributed by atoms with E-state index in [4.69, 9.17) is 9.47 Å². The van der Waals surface area contributed by atoms with Gasteiger partial charge in [0.2, 0.25) is 5.91 Å². The number of amides is 4. The number of hydrogen-bond donors (Lipinski definition) is 2. The van der Waals surface area contributed by atoms with Crippen LogP contribution in [0.25, 0.3) is 0 Å². The number of rotatable bonds is 2. The summed E-state index contributed by atoms with van der Waals surface area (Å²) < 4.78 is 11.4. The fourth-order valence-electron chi connectivity index (χ4n) is 5.22. The summed E-state index contributed by atoms with van der Waals surface area (Å²) in [5.41, 5.74) is -0.439. The fraction of sp³-hybridized carbons (Fsp3) is 0.571. The molecule has 1 aliphatic carbocycles. The Morgan fingerprint density at radius 2 is 1.66 bits per heavy atom. The van der Waals surface area contributed by atoms with Gasteiger partial charge in [-0.25, -0.2) is 4.79 Å². The highest BCUT2D eigenvalue weighted by Crippen LogP contribution is 2.46. The van der Waals surface area contributed by atoms with Gasteiger partial charge in [0.05, 0.1) is 5.41 Å². The number of carbonyl (C=O) groups excluding carboxylic acids is 3. The van der Waals surface area contributed by atoms with E-state index in [9.17, 15) is 14.4 Å². The molecular weight excluding hydrogens is 374 g/mol. The minimum Gasteiger partial charge on any atom is -0.486 e. The first-order chi connectivity index (χ1) is 14.0. The van der Waals surface area contributed by atoms with Gasteiger partial charge in [-0.1, -0.05) is 18.9 Å². The highest BCUT2D eigenvalue weighted by Gasteiger charge is 2.51. The quantitative estimate of drug-likeness (QED) is 0.734. The molecular formula is C21H25N3O5. The van der Waals surface area contributed by atoms with E-state index < -0.39 is 17.0 Å². The van der Waals surface area contributed by atoms with Gasteiger partial charge in [0.15, 0.2) is 11.5 Å². The van der Waals surface area contributed by atoms with Crippen LogP contribution in [0.5, 0.6) is 11.5 Å². The normalized spacial score (nSPS) is 24.3. The van der Waals surface area contributed by atoms with Gasteiger partial charge in [-0.15, -0.1) is 0 Å². The second kappa shape index (κ2) is 6.64. The zero-order valence-corrected chi connectivity index (χ0v) is 16.3. The molecule has 29 heavy (non-hydrogen) atoms. The van der Waals surface area contributed by atoms with Crippen molar-refractivity contribution in [2.45, 2.75) is 49.5 Å². The third-order valence-corrected chi connectivity index (χ3v) is 6.88. The summed E-state index contributed by atoms with van der Waals surface area (Å²) in [6, 6.07) is 5.42. The van der Waals surface area contributed by atoms with E-state index in [1.807, 2.05) is 23.1 Å². The lowest BCUT2D eigenvalue weighted by Crippen LogP contribution is -2.58. The van der Waals surface area contributed by atoms with Crippen LogP contribution in [0.3, 0.4) is 0 Å². The molecule has 1 spiro atoms. The Morgan fingerprint density at radius 1 is 0.966 bits per heavy atom. The Bertz CT molecular complexity index is 869. The van der Waals surface area contributed by atoms with Gasteiger partial charge in [0.25, 0.3) is 5.91 Å². The Hall–Kier alpha value is -2.77. The van der Waals surface area contributed by atoms with Crippen LogP contribution in [0.15, 0.2) is 18.2 Å². The zero-order chi connectivity index (χ0) is 20.1. The second-order valence-corrected chi connectivity index (χ2v) is 8.43. The van der Waals surface area contributed by atoms with Crippen LogP contribution in [-0.4, -0.2) is 54.6 Å². The number of urea groups is 1. The van der Waals surface area contributed by atoms with Crippen molar-refractivity contribution in [2.24, 2.45) is 0 Å². The molecule has 0 atom stereocenters. The Morgan fingerprint density at radius 3 is 2.31 bits per heavy atom. The predicted octanol–water partition coefficient (Wildman–Crippen LogP) is 1.47. The number of nitrogens with one attached hydrogen (secondary N) is 2. The summed E-state index contributed by atoms with van der Waals surface area (Å²) in [7, 11) is 0. The number of nitrogens with zero attached hydrogens (tertiary/aromatic N) is 1. The molecule has 8 heteroatoms. The van der Waals surface area contributed by atoms with E-state index >= 15 is 0 Å². The molecule has 2 saturated heterocycles. The maximum Gasteiger partial charge on any atom is 0.322 e. The number of benzene rings is 1. The Balaban J connectivity index is 1.39. The number of fused-ring (bicyclic) bond motifs is 1. The van der Waals surface area contributed by atoms with Crippen LogP contribution in [0, 0.1) is 0 Å². The van der Waals surface area contributed by atoms with Gasteiger partial charge in [-0.2, -0.15) is 0 Å². The number of imide groups is 1. The SMILES string of the molecule is O=C1NC(=O)C2(CCN(C(=O)C3(c4ccc5c(c4)OCCO5)CCCC3)CC2)N1. The molecule has 4 aliphatic rings. The molecule has 0 bridgehead atoms. The van der Waals surface area contributed by atoms with Crippen molar-refractivity contribution in [3.05, 3.63) is 23.8 Å². The fourth-order valence-corrected chi connectivity index (χ4v) is 5.22. The van der Waals surface area contributed by atoms with E-state index in [1.54, 1.807) is 0 Å². The van der Waals surface area contributed by atoms with E-state index in [0.717, 1.165) is 37.0 Å². The van der Waals surface area contributed by atoms with Gasteiger partial charge in [-0.3, -0.25) is 14.9 Å². The summed E-state index contributed by atoms with van der Waals surface area (Å²) in [4.78, 5) is 39.3. The molecule has 5 rings (SSSR count). The molecule has 3 fully saturated rings. The lowest BCUT2D eigenvalue weighted by Gasteiger charge is -2.41. The molecule has 1 aromatic carbocycles. The lowest BCUT2D eigenvalue weighted by molar-refractivity contribution is -0.141. The van der Waals surface area contributed by atoms with Crippen LogP contribution in [-0.2, 0) is 15.0 Å². The van der Waals surface area contributed by atoms with Gasteiger partial charge >= 0.3 is 6.03 Å². The first-order valence-corrected chi connectivity index (χ1v) is 10.4. The van der Waals surface area contributed by atoms with Crippen molar-refractivity contribution in [1.29, 1.82) is 0 Å². The average Bonchev–Trinajstić information content (AvgIpc) is 3.33. The monoisotopic (exact) mass is 399 g/mol. The van der Waals surface area contributed by atoms with E-state index in [-0.39, 0.29) is 11.8 Å². The summed E-state index contributed by atoms with van der Waals surface area (Å²) in [5, 5.41) is 5.08. The zero-order valence-electron chi connectivity index (χ0n) is 16.3. The predicted molar refractivity (Wildman–Crippen MR) is 103 cm³/mol. The van der Waals surface area contributed by atoms with Crippen molar-refractivity contribution < 1.29 is 23.9 Å². The smallest absolute Gasteiger partial charge is 0.322 e. The number of hydrogen-bond acceptors (Lipinski definition) is 5. The van der Waals surface area contributed by atoms with Crippen molar-refractivity contribution in [3.8, 4) is 11.5 Å². The standard InChI is InChI=1S/C21H25N3O5/c25-17-21(23-19(27)22-17)7-9-24(10-8-21)18(26)20(5-1-2-6-20)14-3-4-15-16(13-14)29-12-11-28-15/h3-4,13H,1-2,5-12H2,(H2,22,23,25,27). The Labute approximate surface area is 168 Å². The molecule has 0 radical (unpaired) electrons. The molecule has 3 aliphatic heterocycles. The third-order valence-electron chi connectivity index (χ3n) is 6.88. The third kappa shape index (κ3) is 2.84. The minimum atomic E-state index is -0.867. The second-order valence-electron chi connectivity index (χ2n) is 8.43. The maximum absolute atomic E-state index is 13.7. The van der Waals surface area contributed by atoms with Gasteiger partial charge in [-0.05, 0) is 43.4 Å². The lowest BCUT2D eigenvalue weighted by atomic mass is 9.76. The van der Waals surface area contributed by atoms with Gasteiger partial charge < -0.3 is 19.7 Å². The summed E-state index contributed by atoms with van der Waals surface area (Å²) in [6.07, 6.45) is 4.52. The van der Waals surface area contributed by atoms with Crippen LogP contribution in [0.4, 0.5) is 4.79 Å². The van der Waals surface area contributed by atoms with Crippen molar-refractivity contribution in [2.75, 3.05) is 26.3 Å². The van der Waals surface area contributed by atoms with Gasteiger partial charge in [0, 0.05) is 13.1 Å². The molecule has 3 heterocycles. The van der Waals surface area contributed by atoms with Crippen molar-refractivity contribution in [3.63, 3.8) is 0 Å². The molecule has 4 amide bonds. The summed E-state index contributed by atoms with van der Waals surface area (Å²) in [6.45, 7) is 1.97. The first kappa shape index (κ1) is 18.3. The van der Waals surface area contributed by atoms with E-state index in [0.29, 0.717) is 44.9 Å². The number of carbonyl (C=O) groups is 3. The van der Waals surface area contributed by atoms with E-state index in [1.165, 1.54) is 0 Å². The molecule has 154 valence electrons. The Kier molecular flexibility index (Phi) is 4.18. The molecule has 1 aromatic rings. The summed E-state index contributed by atoms with van der Waals surface area (Å²) in [5.74, 6) is 1.27. The summed E-state index contributed by atoms with van der Waals surface area (Å²) >= 11 is 0. The van der Waals surface area contributed by atoms with Crippen LogP contribution >= 0.6 is 0 Å². The van der Waals surface area contributed by atoms with Crippen molar-refractivity contribution in [1.82, 2.24) is 15.5 Å². The number of ether oxygens (including phenoxy) is 2. The molecule has 0 aromatic heterocycles.